The molecule has 7 nitrogen and oxygen atoms in total. The summed E-state index contributed by atoms with van der Waals surface area (Å²) in [7, 11) is 0. The molecule has 4 aromatic rings. The van der Waals surface area contributed by atoms with Crippen LogP contribution in [-0.4, -0.2) is 31.5 Å². The number of pyridine rings is 3. The zero-order valence-electron chi connectivity index (χ0n) is 16.2. The Balaban J connectivity index is 1.62. The Kier molecular flexibility index (Phi) is 5.38. The van der Waals surface area contributed by atoms with Crippen LogP contribution in [0.5, 0.6) is 5.75 Å². The van der Waals surface area contributed by atoms with Crippen LogP contribution in [0.4, 0.5) is 11.6 Å². The average molecular weight is 384 g/mol. The van der Waals surface area contributed by atoms with Crippen LogP contribution in [0.25, 0.3) is 22.4 Å². The van der Waals surface area contributed by atoms with Gasteiger partial charge in [-0.3, -0.25) is 4.98 Å². The summed E-state index contributed by atoms with van der Waals surface area (Å²) >= 11 is 0. The van der Waals surface area contributed by atoms with Gasteiger partial charge in [0, 0.05) is 47.2 Å². The first-order chi connectivity index (χ1) is 14.2. The van der Waals surface area contributed by atoms with E-state index in [1.807, 2.05) is 50.2 Å². The first kappa shape index (κ1) is 18.5. The minimum absolute atomic E-state index is 0.529. The second-order valence-electron chi connectivity index (χ2n) is 6.35. The number of nitrogens with one attached hydrogen (secondary N) is 1. The zero-order chi connectivity index (χ0) is 20.1. The van der Waals surface area contributed by atoms with Gasteiger partial charge in [-0.1, -0.05) is 12.1 Å². The Hall–Kier alpha value is -3.87. The highest BCUT2D eigenvalue weighted by Crippen LogP contribution is 2.30. The Bertz CT molecular complexity index is 1100. The third-order valence-electron chi connectivity index (χ3n) is 4.24. The summed E-state index contributed by atoms with van der Waals surface area (Å²) in [6.07, 6.45) is 8.61. The van der Waals surface area contributed by atoms with E-state index in [4.69, 9.17) is 4.74 Å². The number of hydrogen-bond acceptors (Lipinski definition) is 7. The molecule has 29 heavy (non-hydrogen) atoms. The highest BCUT2D eigenvalue weighted by atomic mass is 16.5. The molecule has 0 aliphatic heterocycles. The van der Waals surface area contributed by atoms with Crippen molar-refractivity contribution in [2.45, 2.75) is 13.8 Å². The van der Waals surface area contributed by atoms with Crippen LogP contribution in [0, 0.1) is 6.92 Å². The number of ether oxygens (including phenoxy) is 1. The number of aromatic nitrogens is 5. The van der Waals surface area contributed by atoms with Gasteiger partial charge in [0.05, 0.1) is 12.3 Å². The van der Waals surface area contributed by atoms with Crippen molar-refractivity contribution >= 4 is 11.6 Å². The van der Waals surface area contributed by atoms with Gasteiger partial charge < -0.3 is 10.1 Å². The normalized spacial score (nSPS) is 10.6. The summed E-state index contributed by atoms with van der Waals surface area (Å²) < 4.78 is 5.80. The van der Waals surface area contributed by atoms with Crippen molar-refractivity contribution in [3.8, 4) is 28.1 Å². The molecule has 0 fully saturated rings. The molecule has 4 aromatic heterocycles. The van der Waals surface area contributed by atoms with Crippen LogP contribution >= 0.6 is 0 Å². The maximum atomic E-state index is 5.80. The molecule has 0 aliphatic rings. The molecule has 4 heterocycles. The molecule has 0 amide bonds. The third-order valence-corrected chi connectivity index (χ3v) is 4.24. The van der Waals surface area contributed by atoms with Crippen LogP contribution in [0.15, 0.2) is 67.5 Å². The highest BCUT2D eigenvalue weighted by Gasteiger charge is 2.11. The van der Waals surface area contributed by atoms with Gasteiger partial charge in [-0.05, 0) is 38.1 Å². The molecular formula is C22H20N6O. The van der Waals surface area contributed by atoms with Gasteiger partial charge in [0.25, 0.3) is 0 Å². The van der Waals surface area contributed by atoms with Crippen molar-refractivity contribution in [2.75, 3.05) is 11.9 Å². The van der Waals surface area contributed by atoms with Gasteiger partial charge in [0.2, 0.25) is 0 Å². The molecule has 0 saturated heterocycles. The van der Waals surface area contributed by atoms with E-state index >= 15 is 0 Å². The second kappa shape index (κ2) is 8.43. The van der Waals surface area contributed by atoms with Crippen molar-refractivity contribution < 1.29 is 4.74 Å². The number of rotatable bonds is 6. The van der Waals surface area contributed by atoms with E-state index in [0.717, 1.165) is 33.9 Å². The summed E-state index contributed by atoms with van der Waals surface area (Å²) in [5.74, 6) is 1.99. The lowest BCUT2D eigenvalue weighted by Gasteiger charge is -2.13. The van der Waals surface area contributed by atoms with E-state index in [1.54, 1.807) is 24.8 Å². The molecule has 1 N–H and O–H groups in total. The standard InChI is InChI=1S/C22H20N6O/c1-3-29-20-9-17(13-26-22(20)28-21-6-4-5-15(2)27-21)19-8-7-16(12-25-19)18-10-23-14-24-11-18/h4-14H,3H2,1-2H3,(H,26,27,28). The largest absolute Gasteiger partial charge is 0.490 e. The van der Waals surface area contributed by atoms with Crippen LogP contribution in [0.3, 0.4) is 0 Å². The Labute approximate surface area is 168 Å². The first-order valence-corrected chi connectivity index (χ1v) is 9.28. The van der Waals surface area contributed by atoms with Crippen molar-refractivity contribution in [2.24, 2.45) is 0 Å². The van der Waals surface area contributed by atoms with E-state index in [-0.39, 0.29) is 0 Å². The molecule has 0 radical (unpaired) electrons. The molecular weight excluding hydrogens is 364 g/mol. The van der Waals surface area contributed by atoms with E-state index < -0.39 is 0 Å². The zero-order valence-corrected chi connectivity index (χ0v) is 16.2. The van der Waals surface area contributed by atoms with Crippen LogP contribution in [0.1, 0.15) is 12.6 Å². The molecule has 7 heteroatoms. The summed E-state index contributed by atoms with van der Waals surface area (Å²) in [5, 5.41) is 3.23. The molecule has 144 valence electrons. The van der Waals surface area contributed by atoms with Crippen LogP contribution in [-0.2, 0) is 0 Å². The summed E-state index contributed by atoms with van der Waals surface area (Å²) in [6, 6.07) is 11.7. The van der Waals surface area contributed by atoms with E-state index in [9.17, 15) is 0 Å². The van der Waals surface area contributed by atoms with Crippen molar-refractivity contribution in [3.05, 3.63) is 73.2 Å². The fourth-order valence-corrected chi connectivity index (χ4v) is 2.86. The van der Waals surface area contributed by atoms with Crippen LogP contribution in [0.2, 0.25) is 0 Å². The highest BCUT2D eigenvalue weighted by molar-refractivity contribution is 5.69. The molecule has 4 rings (SSSR count). The Morgan fingerprint density at radius 3 is 2.45 bits per heavy atom. The molecule has 0 unspecified atom stereocenters. The average Bonchev–Trinajstić information content (AvgIpc) is 2.76. The van der Waals surface area contributed by atoms with Gasteiger partial charge in [0.15, 0.2) is 11.6 Å². The summed E-state index contributed by atoms with van der Waals surface area (Å²) in [6.45, 7) is 4.42. The maximum Gasteiger partial charge on any atom is 0.174 e. The van der Waals surface area contributed by atoms with E-state index in [2.05, 4.69) is 30.2 Å². The Morgan fingerprint density at radius 1 is 0.897 bits per heavy atom. The first-order valence-electron chi connectivity index (χ1n) is 9.28. The predicted octanol–water partition coefficient (Wildman–Crippen LogP) is 4.45. The second-order valence-corrected chi connectivity index (χ2v) is 6.35. The van der Waals surface area contributed by atoms with Gasteiger partial charge in [-0.2, -0.15) is 0 Å². The third kappa shape index (κ3) is 4.35. The fourth-order valence-electron chi connectivity index (χ4n) is 2.86. The lowest BCUT2D eigenvalue weighted by molar-refractivity contribution is 0.341. The fraction of sp³-hybridized carbons (Fsp3) is 0.136. The minimum Gasteiger partial charge on any atom is -0.490 e. The number of anilines is 2. The lowest BCUT2D eigenvalue weighted by atomic mass is 10.1. The van der Waals surface area contributed by atoms with Gasteiger partial charge in [-0.25, -0.2) is 19.9 Å². The van der Waals surface area contributed by atoms with Crippen molar-refractivity contribution in [3.63, 3.8) is 0 Å². The number of hydrogen-bond donors (Lipinski definition) is 1. The lowest BCUT2D eigenvalue weighted by Crippen LogP contribution is -2.02. The number of nitrogens with zero attached hydrogens (tertiary/aromatic N) is 5. The maximum absolute atomic E-state index is 5.80. The molecule has 0 aromatic carbocycles. The predicted molar refractivity (Wildman–Crippen MR) is 112 cm³/mol. The van der Waals surface area contributed by atoms with Crippen molar-refractivity contribution in [1.29, 1.82) is 0 Å². The molecule has 0 atom stereocenters. The van der Waals surface area contributed by atoms with Gasteiger partial charge in [0.1, 0.15) is 12.1 Å². The molecule has 0 spiro atoms. The molecule has 0 saturated carbocycles. The van der Waals surface area contributed by atoms with Gasteiger partial charge in [-0.15, -0.1) is 0 Å². The van der Waals surface area contributed by atoms with E-state index in [0.29, 0.717) is 18.2 Å². The smallest absolute Gasteiger partial charge is 0.174 e. The summed E-state index contributed by atoms with van der Waals surface area (Å²) in [5.41, 5.74) is 4.48. The number of aryl methyl sites for hydroxylation is 1. The van der Waals surface area contributed by atoms with Gasteiger partial charge >= 0.3 is 0 Å². The quantitative estimate of drug-likeness (QED) is 0.526. The SMILES string of the molecule is CCOc1cc(-c2ccc(-c3cncnc3)cn2)cnc1Nc1cccc(C)n1. The monoisotopic (exact) mass is 384 g/mol. The summed E-state index contributed by atoms with van der Waals surface area (Å²) in [4.78, 5) is 21.7. The Morgan fingerprint density at radius 2 is 1.72 bits per heavy atom. The van der Waals surface area contributed by atoms with E-state index in [1.165, 1.54) is 6.33 Å². The van der Waals surface area contributed by atoms with Crippen LogP contribution < -0.4 is 10.1 Å². The molecule has 0 bridgehead atoms. The minimum atomic E-state index is 0.529. The topological polar surface area (TPSA) is 85.7 Å². The molecule has 0 aliphatic carbocycles. The van der Waals surface area contributed by atoms with Crippen molar-refractivity contribution in [1.82, 2.24) is 24.9 Å².